The highest BCUT2D eigenvalue weighted by Crippen LogP contribution is 2.21. The van der Waals surface area contributed by atoms with Crippen LogP contribution in [0.3, 0.4) is 0 Å². The Labute approximate surface area is 107 Å². The number of carbonyl (C=O) groups is 1. The van der Waals surface area contributed by atoms with E-state index in [2.05, 4.69) is 0 Å². The van der Waals surface area contributed by atoms with Crippen LogP contribution in [0.25, 0.3) is 0 Å². The van der Waals surface area contributed by atoms with Gasteiger partial charge in [-0.15, -0.1) is 0 Å². The number of benzene rings is 1. The predicted molar refractivity (Wildman–Crippen MR) is 68.2 cm³/mol. The monoisotopic (exact) mass is 249 g/mol. The van der Waals surface area contributed by atoms with Gasteiger partial charge in [-0.3, -0.25) is 4.79 Å². The fourth-order valence-electron chi connectivity index (χ4n) is 2.21. The number of carbonyl (C=O) groups excluding carboxylic acids is 1. The number of nitrogens with zero attached hydrogens (tertiary/aromatic N) is 1. The van der Waals surface area contributed by atoms with Crippen LogP contribution in [0, 0.1) is 0 Å². The third-order valence-electron chi connectivity index (χ3n) is 3.21. The number of rotatable bonds is 3. The highest BCUT2D eigenvalue weighted by Gasteiger charge is 2.30. The number of amides is 1. The zero-order valence-corrected chi connectivity index (χ0v) is 10.8. The molecule has 2 atom stereocenters. The van der Waals surface area contributed by atoms with Crippen molar-refractivity contribution in [3.8, 4) is 0 Å². The van der Waals surface area contributed by atoms with E-state index in [9.17, 15) is 4.79 Å². The minimum Gasteiger partial charge on any atom is -0.377 e. The van der Waals surface area contributed by atoms with Gasteiger partial charge in [0.2, 0.25) is 0 Å². The van der Waals surface area contributed by atoms with E-state index in [4.69, 9.17) is 9.47 Å². The van der Waals surface area contributed by atoms with Gasteiger partial charge in [0.15, 0.2) is 6.10 Å². The first-order valence-corrected chi connectivity index (χ1v) is 6.20. The summed E-state index contributed by atoms with van der Waals surface area (Å²) < 4.78 is 10.7. The summed E-state index contributed by atoms with van der Waals surface area (Å²) >= 11 is 0. The van der Waals surface area contributed by atoms with Crippen molar-refractivity contribution in [2.75, 3.05) is 26.9 Å². The van der Waals surface area contributed by atoms with Crippen LogP contribution in [0.2, 0.25) is 0 Å². The van der Waals surface area contributed by atoms with E-state index in [0.717, 1.165) is 5.56 Å². The van der Waals surface area contributed by atoms with E-state index in [1.807, 2.05) is 42.2 Å². The molecule has 1 aromatic rings. The van der Waals surface area contributed by atoms with Crippen LogP contribution in [0.1, 0.15) is 18.6 Å². The van der Waals surface area contributed by atoms with Crippen LogP contribution in [0.15, 0.2) is 30.3 Å². The van der Waals surface area contributed by atoms with Crippen molar-refractivity contribution in [3.63, 3.8) is 0 Å². The highest BCUT2D eigenvalue weighted by molar-refractivity contribution is 5.82. The standard InChI is InChI=1S/C14H19NO3/c1-11-10-18-9-8-15(11)14(16)13(17-2)12-6-4-3-5-7-12/h3-7,11,13H,8-10H2,1-2H3. The number of hydrogen-bond acceptors (Lipinski definition) is 3. The zero-order chi connectivity index (χ0) is 13.0. The molecule has 2 rings (SSSR count). The summed E-state index contributed by atoms with van der Waals surface area (Å²) in [6.45, 7) is 3.82. The minimum absolute atomic E-state index is 0.0134. The molecule has 0 radical (unpaired) electrons. The maximum Gasteiger partial charge on any atom is 0.256 e. The average molecular weight is 249 g/mol. The first-order chi connectivity index (χ1) is 8.74. The van der Waals surface area contributed by atoms with Gasteiger partial charge in [-0.05, 0) is 12.5 Å². The Kier molecular flexibility index (Phi) is 4.33. The Morgan fingerprint density at radius 3 is 2.78 bits per heavy atom. The average Bonchev–Trinajstić information content (AvgIpc) is 2.41. The number of ether oxygens (including phenoxy) is 2. The van der Waals surface area contributed by atoms with Crippen molar-refractivity contribution in [2.24, 2.45) is 0 Å². The van der Waals surface area contributed by atoms with Gasteiger partial charge in [0, 0.05) is 13.7 Å². The lowest BCUT2D eigenvalue weighted by molar-refractivity contribution is -0.150. The van der Waals surface area contributed by atoms with Gasteiger partial charge in [-0.25, -0.2) is 0 Å². The third-order valence-corrected chi connectivity index (χ3v) is 3.21. The summed E-state index contributed by atoms with van der Waals surface area (Å²) in [5.74, 6) is 0.0134. The van der Waals surface area contributed by atoms with Gasteiger partial charge in [-0.1, -0.05) is 30.3 Å². The third kappa shape index (κ3) is 2.71. The maximum atomic E-state index is 12.5. The summed E-state index contributed by atoms with van der Waals surface area (Å²) in [7, 11) is 1.57. The van der Waals surface area contributed by atoms with Crippen LogP contribution >= 0.6 is 0 Å². The first kappa shape index (κ1) is 13.1. The molecule has 98 valence electrons. The van der Waals surface area contributed by atoms with E-state index in [1.165, 1.54) is 0 Å². The van der Waals surface area contributed by atoms with Gasteiger partial charge in [0.05, 0.1) is 19.3 Å². The van der Waals surface area contributed by atoms with Crippen molar-refractivity contribution in [3.05, 3.63) is 35.9 Å². The summed E-state index contributed by atoms with van der Waals surface area (Å²) in [5.41, 5.74) is 0.892. The molecule has 0 aromatic heterocycles. The molecular formula is C14H19NO3. The molecule has 0 aliphatic carbocycles. The molecule has 1 heterocycles. The molecule has 1 amide bonds. The Balaban J connectivity index is 2.15. The van der Waals surface area contributed by atoms with E-state index in [1.54, 1.807) is 7.11 Å². The quantitative estimate of drug-likeness (QED) is 0.817. The summed E-state index contributed by atoms with van der Waals surface area (Å²) in [5, 5.41) is 0. The second kappa shape index (κ2) is 5.98. The largest absolute Gasteiger partial charge is 0.377 e. The SMILES string of the molecule is COC(C(=O)N1CCOCC1C)c1ccccc1. The van der Waals surface area contributed by atoms with E-state index in [-0.39, 0.29) is 11.9 Å². The van der Waals surface area contributed by atoms with E-state index < -0.39 is 6.10 Å². The lowest BCUT2D eigenvalue weighted by atomic mass is 10.1. The molecule has 2 unspecified atom stereocenters. The van der Waals surface area contributed by atoms with E-state index >= 15 is 0 Å². The fourth-order valence-corrected chi connectivity index (χ4v) is 2.21. The molecule has 1 fully saturated rings. The van der Waals surface area contributed by atoms with Crippen LogP contribution in [0.4, 0.5) is 0 Å². The lowest BCUT2D eigenvalue weighted by Crippen LogP contribution is -2.49. The molecule has 18 heavy (non-hydrogen) atoms. The molecule has 4 heteroatoms. The molecule has 0 spiro atoms. The second-order valence-corrected chi connectivity index (χ2v) is 4.48. The molecule has 0 bridgehead atoms. The number of morpholine rings is 1. The first-order valence-electron chi connectivity index (χ1n) is 6.20. The maximum absolute atomic E-state index is 12.5. The topological polar surface area (TPSA) is 38.8 Å². The molecular weight excluding hydrogens is 230 g/mol. The van der Waals surface area contributed by atoms with Gasteiger partial charge in [0.25, 0.3) is 5.91 Å². The summed E-state index contributed by atoms with van der Waals surface area (Å²) in [4.78, 5) is 14.3. The van der Waals surface area contributed by atoms with Crippen molar-refractivity contribution < 1.29 is 14.3 Å². The molecule has 1 aliphatic heterocycles. The van der Waals surface area contributed by atoms with Crippen molar-refractivity contribution in [1.29, 1.82) is 0 Å². The molecule has 1 aromatic carbocycles. The zero-order valence-electron chi connectivity index (χ0n) is 10.8. The Hall–Kier alpha value is -1.39. The fraction of sp³-hybridized carbons (Fsp3) is 0.500. The van der Waals surface area contributed by atoms with Gasteiger partial charge in [-0.2, -0.15) is 0 Å². The van der Waals surface area contributed by atoms with Gasteiger partial charge >= 0.3 is 0 Å². The normalized spacial score (nSPS) is 21.7. The number of methoxy groups -OCH3 is 1. The smallest absolute Gasteiger partial charge is 0.256 e. The predicted octanol–water partition coefficient (Wildman–Crippen LogP) is 1.62. The second-order valence-electron chi connectivity index (χ2n) is 4.48. The Morgan fingerprint density at radius 1 is 1.44 bits per heavy atom. The van der Waals surface area contributed by atoms with Crippen LogP contribution in [0.5, 0.6) is 0 Å². The molecule has 1 aliphatic rings. The van der Waals surface area contributed by atoms with Crippen LogP contribution in [-0.2, 0) is 14.3 Å². The van der Waals surface area contributed by atoms with Gasteiger partial charge in [0.1, 0.15) is 0 Å². The van der Waals surface area contributed by atoms with Gasteiger partial charge < -0.3 is 14.4 Å². The van der Waals surface area contributed by atoms with Crippen LogP contribution in [-0.4, -0.2) is 43.7 Å². The molecule has 0 saturated carbocycles. The molecule has 0 N–H and O–H groups in total. The van der Waals surface area contributed by atoms with Crippen molar-refractivity contribution in [1.82, 2.24) is 4.90 Å². The molecule has 1 saturated heterocycles. The molecule has 4 nitrogen and oxygen atoms in total. The Morgan fingerprint density at radius 2 is 2.17 bits per heavy atom. The van der Waals surface area contributed by atoms with Crippen molar-refractivity contribution in [2.45, 2.75) is 19.1 Å². The number of hydrogen-bond donors (Lipinski definition) is 0. The minimum atomic E-state index is -0.522. The summed E-state index contributed by atoms with van der Waals surface area (Å²) in [6, 6.07) is 9.69. The summed E-state index contributed by atoms with van der Waals surface area (Å²) in [6.07, 6.45) is -0.522. The lowest BCUT2D eigenvalue weighted by Gasteiger charge is -2.35. The van der Waals surface area contributed by atoms with E-state index in [0.29, 0.717) is 19.8 Å². The Bertz CT molecular complexity index is 393. The highest BCUT2D eigenvalue weighted by atomic mass is 16.5. The van der Waals surface area contributed by atoms with Crippen molar-refractivity contribution >= 4 is 5.91 Å². The van der Waals surface area contributed by atoms with Crippen LogP contribution < -0.4 is 0 Å².